The molecule has 0 radical (unpaired) electrons. The molecule has 3 fully saturated rings. The maximum Gasteiger partial charge on any atom is 0.251 e. The van der Waals surface area contributed by atoms with Gasteiger partial charge in [-0.25, -0.2) is 13.9 Å². The Bertz CT molecular complexity index is 1830. The number of amides is 2. The quantitative estimate of drug-likeness (QED) is 0.248. The Morgan fingerprint density at radius 1 is 1.11 bits per heavy atom. The van der Waals surface area contributed by atoms with E-state index < -0.39 is 11.3 Å². The van der Waals surface area contributed by atoms with Crippen molar-refractivity contribution in [2.24, 2.45) is 11.7 Å². The van der Waals surface area contributed by atoms with Crippen molar-refractivity contribution < 1.29 is 23.5 Å². The molecule has 10 heteroatoms. The summed E-state index contributed by atoms with van der Waals surface area (Å²) in [5.74, 6) is 0.749. The van der Waals surface area contributed by atoms with Crippen LogP contribution in [0.4, 0.5) is 4.39 Å². The van der Waals surface area contributed by atoms with E-state index in [2.05, 4.69) is 11.4 Å². The van der Waals surface area contributed by atoms with E-state index >= 15 is 0 Å². The van der Waals surface area contributed by atoms with E-state index in [9.17, 15) is 14.0 Å². The molecule has 4 heterocycles. The minimum absolute atomic E-state index is 0.104. The van der Waals surface area contributed by atoms with Crippen molar-refractivity contribution in [3.63, 3.8) is 0 Å². The number of nitrogens with one attached hydrogen (secondary N) is 1. The van der Waals surface area contributed by atoms with Crippen molar-refractivity contribution in [2.75, 3.05) is 13.2 Å². The van der Waals surface area contributed by atoms with E-state index in [1.807, 2.05) is 16.6 Å². The zero-order valence-corrected chi connectivity index (χ0v) is 25.2. The van der Waals surface area contributed by atoms with Crippen LogP contribution in [0, 0.1) is 11.7 Å². The van der Waals surface area contributed by atoms with Crippen LogP contribution >= 0.6 is 0 Å². The van der Waals surface area contributed by atoms with Gasteiger partial charge in [0.05, 0.1) is 11.2 Å². The molecule has 3 aliphatic carbocycles. The molecule has 1 aliphatic heterocycles. The highest BCUT2D eigenvalue weighted by molar-refractivity contribution is 5.96. The van der Waals surface area contributed by atoms with Crippen LogP contribution in [0.15, 0.2) is 48.5 Å². The Hall–Kier alpha value is -4.47. The number of ether oxygens (including phenoxy) is 2. The SMILES string of the molecule is C[C@]1(C(N)=O)COc2c1cc([C@@H](CNC(=O)c1cc(OC3CC3)n3nc(C4CC4)cc3c1)C1CCC1)nc2-c1ccc(F)cc1. The van der Waals surface area contributed by atoms with Crippen LogP contribution in [0.5, 0.6) is 11.6 Å². The van der Waals surface area contributed by atoms with E-state index in [1.165, 1.54) is 12.1 Å². The van der Waals surface area contributed by atoms with E-state index in [-0.39, 0.29) is 30.4 Å². The zero-order valence-electron chi connectivity index (χ0n) is 25.2. The molecule has 2 atom stereocenters. The lowest BCUT2D eigenvalue weighted by Gasteiger charge is -2.34. The minimum atomic E-state index is -1.03. The van der Waals surface area contributed by atoms with E-state index in [0.29, 0.717) is 52.4 Å². The molecule has 3 aromatic heterocycles. The molecule has 4 aromatic rings. The molecule has 0 unspecified atom stereocenters. The molecule has 232 valence electrons. The molecule has 0 saturated heterocycles. The van der Waals surface area contributed by atoms with Gasteiger partial charge in [0.15, 0.2) is 0 Å². The summed E-state index contributed by atoms with van der Waals surface area (Å²) in [6.45, 7) is 2.25. The Morgan fingerprint density at radius 2 is 1.89 bits per heavy atom. The largest absolute Gasteiger partial charge is 0.489 e. The Morgan fingerprint density at radius 3 is 2.56 bits per heavy atom. The summed E-state index contributed by atoms with van der Waals surface area (Å²) in [4.78, 5) is 31.5. The third-order valence-corrected chi connectivity index (χ3v) is 9.95. The first-order valence-corrected chi connectivity index (χ1v) is 16.0. The molecule has 9 nitrogen and oxygen atoms in total. The Labute approximate surface area is 260 Å². The van der Waals surface area contributed by atoms with Gasteiger partial charge in [-0.3, -0.25) is 9.59 Å². The predicted molar refractivity (Wildman–Crippen MR) is 165 cm³/mol. The van der Waals surface area contributed by atoms with Crippen molar-refractivity contribution in [3.05, 3.63) is 76.9 Å². The Balaban J connectivity index is 1.13. The second-order valence-electron chi connectivity index (χ2n) is 13.4. The average molecular weight is 610 g/mol. The molecule has 0 spiro atoms. The van der Waals surface area contributed by atoms with Gasteiger partial charge >= 0.3 is 0 Å². The van der Waals surface area contributed by atoms with Gasteiger partial charge in [-0.2, -0.15) is 5.10 Å². The van der Waals surface area contributed by atoms with Crippen molar-refractivity contribution in [1.29, 1.82) is 0 Å². The molecule has 1 aromatic carbocycles. The number of hydrogen-bond acceptors (Lipinski definition) is 6. The van der Waals surface area contributed by atoms with Crippen LogP contribution in [0.1, 0.15) is 91.0 Å². The number of halogens is 1. The van der Waals surface area contributed by atoms with Gasteiger partial charge in [0.1, 0.15) is 35.4 Å². The number of fused-ring (bicyclic) bond motifs is 2. The van der Waals surface area contributed by atoms with Crippen molar-refractivity contribution in [1.82, 2.24) is 19.9 Å². The average Bonchev–Trinajstić information content (AvgIpc) is 3.94. The summed E-state index contributed by atoms with van der Waals surface area (Å²) in [6.07, 6.45) is 7.59. The number of nitrogens with zero attached hydrogens (tertiary/aromatic N) is 3. The standard InChI is InChI=1S/C35H36FN5O4/c1-35(34(37)43)18-44-32-27(35)16-29(39-31(32)21-7-9-23(36)10-8-21)26(19-3-2-4-19)17-38-33(42)22-13-24-15-28(20-5-6-20)40-41(24)30(14-22)45-25-11-12-25/h7-10,13-16,19-20,25-26H,2-6,11-12,17-18H2,1H3,(H2,37,43)(H,38,42)/t26-,35-/m0/s1. The molecular formula is C35H36FN5O4. The van der Waals surface area contributed by atoms with Crippen molar-refractivity contribution >= 4 is 17.3 Å². The normalized spacial score (nSPS) is 21.6. The van der Waals surface area contributed by atoms with Crippen LogP contribution in [0.3, 0.4) is 0 Å². The highest BCUT2D eigenvalue weighted by Crippen LogP contribution is 2.47. The predicted octanol–water partition coefficient (Wildman–Crippen LogP) is 5.40. The second kappa shape index (κ2) is 10.6. The molecule has 8 rings (SSSR count). The monoisotopic (exact) mass is 609 g/mol. The summed E-state index contributed by atoms with van der Waals surface area (Å²) in [5.41, 5.74) is 9.94. The number of nitrogens with two attached hydrogens (primary N) is 1. The van der Waals surface area contributed by atoms with Crippen molar-refractivity contribution in [3.8, 4) is 22.9 Å². The number of hydrogen-bond donors (Lipinski definition) is 2. The van der Waals surface area contributed by atoms with E-state index in [4.69, 9.17) is 25.3 Å². The molecule has 3 N–H and O–H groups in total. The lowest BCUT2D eigenvalue weighted by atomic mass is 9.73. The van der Waals surface area contributed by atoms with E-state index in [1.54, 1.807) is 25.1 Å². The molecular weight excluding hydrogens is 573 g/mol. The van der Waals surface area contributed by atoms with Crippen LogP contribution in [0.25, 0.3) is 16.8 Å². The number of pyridine rings is 2. The smallest absolute Gasteiger partial charge is 0.251 e. The first-order chi connectivity index (χ1) is 21.8. The first kappa shape index (κ1) is 28.0. The number of aromatic nitrogens is 3. The van der Waals surface area contributed by atoms with Gasteiger partial charge in [-0.1, -0.05) is 6.42 Å². The van der Waals surface area contributed by atoms with Gasteiger partial charge in [0.25, 0.3) is 5.91 Å². The highest BCUT2D eigenvalue weighted by atomic mass is 19.1. The lowest BCUT2D eigenvalue weighted by molar-refractivity contribution is -0.123. The fourth-order valence-electron chi connectivity index (χ4n) is 6.50. The van der Waals surface area contributed by atoms with Crippen LogP contribution in [-0.4, -0.2) is 45.7 Å². The number of carbonyl (C=O) groups excluding carboxylic acids is 2. The van der Waals surface area contributed by atoms with Crippen LogP contribution in [-0.2, 0) is 10.2 Å². The summed E-state index contributed by atoms with van der Waals surface area (Å²) >= 11 is 0. The first-order valence-electron chi connectivity index (χ1n) is 16.0. The highest BCUT2D eigenvalue weighted by Gasteiger charge is 2.45. The van der Waals surface area contributed by atoms with Gasteiger partial charge < -0.3 is 20.5 Å². The van der Waals surface area contributed by atoms with Gasteiger partial charge in [0, 0.05) is 46.8 Å². The summed E-state index contributed by atoms with van der Waals surface area (Å²) in [6, 6.07) is 13.7. The summed E-state index contributed by atoms with van der Waals surface area (Å²) in [7, 11) is 0. The summed E-state index contributed by atoms with van der Waals surface area (Å²) < 4.78 is 27.9. The second-order valence-corrected chi connectivity index (χ2v) is 13.4. The maximum atomic E-state index is 13.8. The zero-order chi connectivity index (χ0) is 30.9. The Kier molecular flexibility index (Phi) is 6.58. The fourth-order valence-corrected chi connectivity index (χ4v) is 6.50. The minimum Gasteiger partial charge on any atom is -0.489 e. The molecule has 2 amide bonds. The van der Waals surface area contributed by atoms with E-state index in [0.717, 1.165) is 61.9 Å². The van der Waals surface area contributed by atoms with Gasteiger partial charge in [-0.05, 0) is 93.8 Å². The van der Waals surface area contributed by atoms with Gasteiger partial charge in [0.2, 0.25) is 11.8 Å². The molecule has 0 bridgehead atoms. The third-order valence-electron chi connectivity index (χ3n) is 9.95. The van der Waals surface area contributed by atoms with Crippen molar-refractivity contribution in [2.45, 2.75) is 75.2 Å². The number of benzene rings is 1. The van der Waals surface area contributed by atoms with Crippen LogP contribution < -0.4 is 20.5 Å². The fraction of sp³-hybridized carbons (Fsp3) is 0.429. The topological polar surface area (TPSA) is 121 Å². The molecule has 4 aliphatic rings. The van der Waals surface area contributed by atoms with Crippen LogP contribution in [0.2, 0.25) is 0 Å². The summed E-state index contributed by atoms with van der Waals surface area (Å²) in [5, 5.41) is 7.98. The lowest BCUT2D eigenvalue weighted by Crippen LogP contribution is -2.40. The number of rotatable bonds is 10. The third kappa shape index (κ3) is 5.10. The number of primary amides is 1. The van der Waals surface area contributed by atoms with Gasteiger partial charge in [-0.15, -0.1) is 0 Å². The molecule has 45 heavy (non-hydrogen) atoms. The molecule has 3 saturated carbocycles. The maximum absolute atomic E-state index is 13.8. The number of carbonyl (C=O) groups is 2.